The molecule has 2 aromatic heterocycles. The molecule has 0 saturated heterocycles. The first-order valence-corrected chi connectivity index (χ1v) is 7.91. The van der Waals surface area contributed by atoms with Crippen molar-refractivity contribution in [3.8, 4) is 11.3 Å². The van der Waals surface area contributed by atoms with Crippen LogP contribution in [0.4, 0.5) is 5.69 Å². The molecule has 0 aliphatic carbocycles. The molecule has 0 fully saturated rings. The van der Waals surface area contributed by atoms with Crippen molar-refractivity contribution in [1.29, 1.82) is 0 Å². The van der Waals surface area contributed by atoms with Crippen LogP contribution in [0.25, 0.3) is 11.3 Å². The number of aryl methyl sites for hydroxylation is 1. The van der Waals surface area contributed by atoms with Crippen LogP contribution in [0.2, 0.25) is 0 Å². The number of thiophene rings is 1. The molecule has 0 bridgehead atoms. The maximum Gasteiger partial charge on any atom is 0.0924 e. The Hall–Kier alpha value is -1.59. The Morgan fingerprint density at radius 2 is 2.10 bits per heavy atom. The van der Waals surface area contributed by atoms with Crippen LogP contribution >= 0.6 is 27.3 Å². The average molecular weight is 348 g/mol. The molecule has 1 aromatic carbocycles. The summed E-state index contributed by atoms with van der Waals surface area (Å²) in [5, 5.41) is 3.44. The highest BCUT2D eigenvalue weighted by Crippen LogP contribution is 2.27. The normalized spacial score (nSPS) is 10.7. The fourth-order valence-corrected chi connectivity index (χ4v) is 3.52. The zero-order valence-corrected chi connectivity index (χ0v) is 13.4. The van der Waals surface area contributed by atoms with Crippen molar-refractivity contribution in [3.05, 3.63) is 57.1 Å². The highest BCUT2D eigenvalue weighted by Gasteiger charge is 2.03. The molecule has 0 radical (unpaired) electrons. The van der Waals surface area contributed by atoms with Crippen LogP contribution < -0.4 is 5.32 Å². The molecule has 0 atom stereocenters. The lowest BCUT2D eigenvalue weighted by Crippen LogP contribution is -1.96. The van der Waals surface area contributed by atoms with Gasteiger partial charge in [-0.3, -0.25) is 0 Å². The number of nitrogens with one attached hydrogen (secondary N) is 2. The fourth-order valence-electron chi connectivity index (χ4n) is 1.98. The Morgan fingerprint density at radius 1 is 1.30 bits per heavy atom. The first-order valence-electron chi connectivity index (χ1n) is 6.30. The summed E-state index contributed by atoms with van der Waals surface area (Å²) in [5.41, 5.74) is 3.30. The predicted molar refractivity (Wildman–Crippen MR) is 88.1 cm³/mol. The lowest BCUT2D eigenvalue weighted by atomic mass is 10.1. The molecule has 5 heteroatoms. The number of aromatic nitrogens is 2. The van der Waals surface area contributed by atoms with Crippen molar-refractivity contribution in [1.82, 2.24) is 9.97 Å². The van der Waals surface area contributed by atoms with Gasteiger partial charge in [0.15, 0.2) is 0 Å². The van der Waals surface area contributed by atoms with E-state index in [1.807, 2.05) is 17.5 Å². The van der Waals surface area contributed by atoms with Crippen LogP contribution in [0.5, 0.6) is 0 Å². The number of H-pyrrole nitrogens is 1. The van der Waals surface area contributed by atoms with Gasteiger partial charge in [-0.1, -0.05) is 12.1 Å². The van der Waals surface area contributed by atoms with Crippen molar-refractivity contribution < 1.29 is 0 Å². The summed E-state index contributed by atoms with van der Waals surface area (Å²) in [7, 11) is 0. The molecule has 0 aliphatic rings. The Labute approximate surface area is 130 Å². The number of hydrogen-bond acceptors (Lipinski definition) is 3. The van der Waals surface area contributed by atoms with Crippen molar-refractivity contribution in [3.63, 3.8) is 0 Å². The number of hydrogen-bond donors (Lipinski definition) is 2. The smallest absolute Gasteiger partial charge is 0.0924 e. The number of nitrogens with zero attached hydrogens (tertiary/aromatic N) is 1. The Kier molecular flexibility index (Phi) is 3.89. The molecule has 3 nitrogen and oxygen atoms in total. The third-order valence-electron chi connectivity index (χ3n) is 3.07. The van der Waals surface area contributed by atoms with Crippen molar-refractivity contribution in [2.24, 2.45) is 0 Å². The molecule has 2 N–H and O–H groups in total. The standard InChI is InChI=1S/C15H14BrN3S/c1-10-14(16)6-13(20-10)7-18-12-4-2-11(3-5-12)15-8-17-9-19-15/h2-6,8-9,18H,7H2,1H3,(H,17,19). The number of halogens is 1. The largest absolute Gasteiger partial charge is 0.380 e. The first kappa shape index (κ1) is 13.4. The Bertz CT molecular complexity index is 667. The van der Waals surface area contributed by atoms with Crippen LogP contribution in [0.3, 0.4) is 0 Å². The second-order valence-corrected chi connectivity index (χ2v) is 6.71. The Balaban J connectivity index is 1.66. The van der Waals surface area contributed by atoms with E-state index in [0.717, 1.165) is 23.5 Å². The van der Waals surface area contributed by atoms with Gasteiger partial charge in [-0.25, -0.2) is 4.98 Å². The van der Waals surface area contributed by atoms with E-state index < -0.39 is 0 Å². The van der Waals surface area contributed by atoms with Crippen LogP contribution in [-0.2, 0) is 6.54 Å². The Morgan fingerprint density at radius 3 is 2.70 bits per heavy atom. The summed E-state index contributed by atoms with van der Waals surface area (Å²) in [4.78, 5) is 9.78. The molecule has 0 aliphatic heterocycles. The van der Waals surface area contributed by atoms with Crippen molar-refractivity contribution in [2.45, 2.75) is 13.5 Å². The molecule has 2 heterocycles. The zero-order chi connectivity index (χ0) is 13.9. The lowest BCUT2D eigenvalue weighted by molar-refractivity contribution is 1.19. The van der Waals surface area contributed by atoms with E-state index >= 15 is 0 Å². The van der Waals surface area contributed by atoms with Gasteiger partial charge in [0, 0.05) is 26.5 Å². The minimum atomic E-state index is 0.848. The minimum absolute atomic E-state index is 0.848. The second-order valence-electron chi connectivity index (χ2n) is 4.51. The monoisotopic (exact) mass is 347 g/mol. The minimum Gasteiger partial charge on any atom is -0.380 e. The highest BCUT2D eigenvalue weighted by atomic mass is 79.9. The van der Waals surface area contributed by atoms with E-state index in [1.165, 1.54) is 14.2 Å². The second kappa shape index (κ2) is 5.81. The van der Waals surface area contributed by atoms with Gasteiger partial charge in [-0.2, -0.15) is 0 Å². The van der Waals surface area contributed by atoms with E-state index in [0.29, 0.717) is 0 Å². The number of imidazole rings is 1. The molecule has 3 rings (SSSR count). The van der Waals surface area contributed by atoms with Crippen molar-refractivity contribution in [2.75, 3.05) is 5.32 Å². The lowest BCUT2D eigenvalue weighted by Gasteiger charge is -2.05. The molecule has 102 valence electrons. The summed E-state index contributed by atoms with van der Waals surface area (Å²) >= 11 is 5.36. The molecule has 0 amide bonds. The van der Waals surface area contributed by atoms with E-state index in [2.05, 4.69) is 68.5 Å². The number of benzene rings is 1. The SMILES string of the molecule is Cc1sc(CNc2ccc(-c3cnc[nH]3)cc2)cc1Br. The predicted octanol–water partition coefficient (Wildman–Crippen LogP) is 4.82. The molecule has 3 aromatic rings. The fraction of sp³-hybridized carbons (Fsp3) is 0.133. The van der Waals surface area contributed by atoms with Gasteiger partial charge in [-0.15, -0.1) is 11.3 Å². The third-order valence-corrected chi connectivity index (χ3v) is 5.21. The first-order chi connectivity index (χ1) is 9.72. The summed E-state index contributed by atoms with van der Waals surface area (Å²) < 4.78 is 1.19. The molecular weight excluding hydrogens is 334 g/mol. The highest BCUT2D eigenvalue weighted by molar-refractivity contribution is 9.10. The van der Waals surface area contributed by atoms with Gasteiger partial charge in [0.05, 0.1) is 18.2 Å². The third kappa shape index (κ3) is 2.94. The average Bonchev–Trinajstić information content (AvgIpc) is 3.08. The summed E-state index contributed by atoms with van der Waals surface area (Å²) in [6.07, 6.45) is 3.52. The molecule has 0 saturated carbocycles. The molecule has 0 spiro atoms. The maximum atomic E-state index is 4.03. The van der Waals surface area contributed by atoms with Gasteiger partial charge in [0.1, 0.15) is 0 Å². The van der Waals surface area contributed by atoms with Crippen LogP contribution in [0.15, 0.2) is 47.3 Å². The maximum absolute atomic E-state index is 4.03. The summed E-state index contributed by atoms with van der Waals surface area (Å²) in [6, 6.07) is 10.5. The number of anilines is 1. The zero-order valence-electron chi connectivity index (χ0n) is 11.0. The number of aromatic amines is 1. The topological polar surface area (TPSA) is 40.7 Å². The quantitative estimate of drug-likeness (QED) is 0.710. The molecular formula is C15H14BrN3S. The molecule has 20 heavy (non-hydrogen) atoms. The summed E-state index contributed by atoms with van der Waals surface area (Å²) in [6.45, 7) is 2.97. The number of rotatable bonds is 4. The van der Waals surface area contributed by atoms with E-state index in [4.69, 9.17) is 0 Å². The van der Waals surface area contributed by atoms with E-state index in [-0.39, 0.29) is 0 Å². The van der Waals surface area contributed by atoms with Gasteiger partial charge in [0.25, 0.3) is 0 Å². The van der Waals surface area contributed by atoms with E-state index in [9.17, 15) is 0 Å². The van der Waals surface area contributed by atoms with Gasteiger partial charge in [-0.05, 0) is 46.6 Å². The van der Waals surface area contributed by atoms with Crippen LogP contribution in [0.1, 0.15) is 9.75 Å². The van der Waals surface area contributed by atoms with Gasteiger partial charge >= 0.3 is 0 Å². The van der Waals surface area contributed by atoms with E-state index in [1.54, 1.807) is 6.33 Å². The molecule has 0 unspecified atom stereocenters. The van der Waals surface area contributed by atoms with Gasteiger partial charge in [0.2, 0.25) is 0 Å². The van der Waals surface area contributed by atoms with Crippen LogP contribution in [-0.4, -0.2) is 9.97 Å². The summed E-state index contributed by atoms with van der Waals surface area (Å²) in [5.74, 6) is 0. The van der Waals surface area contributed by atoms with Crippen LogP contribution in [0, 0.1) is 6.92 Å². The van der Waals surface area contributed by atoms with Crippen molar-refractivity contribution >= 4 is 33.0 Å². The van der Waals surface area contributed by atoms with Gasteiger partial charge < -0.3 is 10.3 Å².